The van der Waals surface area contributed by atoms with E-state index in [1.807, 2.05) is 42.5 Å². The second kappa shape index (κ2) is 8.95. The number of benzene rings is 2. The maximum atomic E-state index is 5.71. The van der Waals surface area contributed by atoms with Crippen molar-refractivity contribution in [1.82, 2.24) is 15.2 Å². The number of H-pyrrole nitrogens is 1. The molecule has 0 bridgehead atoms. The van der Waals surface area contributed by atoms with Crippen molar-refractivity contribution < 1.29 is 14.2 Å². The molecule has 8 heteroatoms. The summed E-state index contributed by atoms with van der Waals surface area (Å²) < 4.78 is 17.3. The Morgan fingerprint density at radius 2 is 1.96 bits per heavy atom. The molecule has 0 aliphatic heterocycles. The van der Waals surface area contributed by atoms with E-state index in [1.54, 1.807) is 14.2 Å². The van der Waals surface area contributed by atoms with Crippen molar-refractivity contribution in [2.24, 2.45) is 0 Å². The summed E-state index contributed by atoms with van der Waals surface area (Å²) in [6, 6.07) is 13.3. The summed E-state index contributed by atoms with van der Waals surface area (Å²) in [7, 11) is 3.23. The van der Waals surface area contributed by atoms with Gasteiger partial charge in [-0.3, -0.25) is 5.10 Å². The Morgan fingerprint density at radius 3 is 2.73 bits per heavy atom. The van der Waals surface area contributed by atoms with Crippen molar-refractivity contribution in [3.8, 4) is 28.6 Å². The van der Waals surface area contributed by atoms with E-state index in [0.717, 1.165) is 27.3 Å². The third-order valence-corrected chi connectivity index (χ3v) is 4.81. The van der Waals surface area contributed by atoms with Gasteiger partial charge in [0.2, 0.25) is 5.16 Å². The Morgan fingerprint density at radius 1 is 1.08 bits per heavy atom. The first-order valence-corrected chi connectivity index (χ1v) is 9.63. The van der Waals surface area contributed by atoms with Crippen LogP contribution in [0.3, 0.4) is 0 Å². The number of nitrogens with zero attached hydrogens (tertiary/aromatic N) is 2. The molecule has 0 radical (unpaired) electrons. The van der Waals surface area contributed by atoms with Gasteiger partial charge in [0.25, 0.3) is 0 Å². The summed E-state index contributed by atoms with van der Waals surface area (Å²) in [6.45, 7) is 0.566. The number of methoxy groups -OCH3 is 2. The molecule has 0 atom stereocenters. The van der Waals surface area contributed by atoms with Crippen LogP contribution in [0.1, 0.15) is 0 Å². The van der Waals surface area contributed by atoms with Crippen LogP contribution in [0.4, 0.5) is 0 Å². The van der Waals surface area contributed by atoms with Gasteiger partial charge in [0.15, 0.2) is 5.82 Å². The lowest BCUT2D eigenvalue weighted by atomic mass is 10.2. The monoisotopic (exact) mass is 435 g/mol. The van der Waals surface area contributed by atoms with E-state index in [4.69, 9.17) is 14.2 Å². The number of hydrogen-bond donors (Lipinski definition) is 1. The smallest absolute Gasteiger partial charge is 0.208 e. The van der Waals surface area contributed by atoms with E-state index >= 15 is 0 Å². The predicted molar refractivity (Wildman–Crippen MR) is 105 cm³/mol. The topological polar surface area (TPSA) is 69.3 Å². The van der Waals surface area contributed by atoms with Gasteiger partial charge in [0.1, 0.15) is 17.2 Å². The average molecular weight is 436 g/mol. The molecule has 0 saturated heterocycles. The minimum atomic E-state index is 0.566. The Labute approximate surface area is 164 Å². The Balaban J connectivity index is 1.58. The van der Waals surface area contributed by atoms with Crippen molar-refractivity contribution in [3.05, 3.63) is 46.9 Å². The summed E-state index contributed by atoms with van der Waals surface area (Å²) in [5.74, 6) is 3.63. The zero-order chi connectivity index (χ0) is 18.4. The summed E-state index contributed by atoms with van der Waals surface area (Å²) in [5.41, 5.74) is 0.832. The predicted octanol–water partition coefficient (Wildman–Crippen LogP) is 4.42. The van der Waals surface area contributed by atoms with Gasteiger partial charge in [-0.1, -0.05) is 33.8 Å². The first kappa shape index (κ1) is 18.6. The molecule has 6 nitrogen and oxygen atoms in total. The third kappa shape index (κ3) is 4.70. The number of hydrogen-bond acceptors (Lipinski definition) is 6. The summed E-state index contributed by atoms with van der Waals surface area (Å²) in [4.78, 5) is 4.52. The first-order chi connectivity index (χ1) is 12.7. The van der Waals surface area contributed by atoms with Gasteiger partial charge in [-0.15, -0.1) is 5.10 Å². The molecule has 0 amide bonds. The van der Waals surface area contributed by atoms with Crippen molar-refractivity contribution in [2.45, 2.75) is 5.16 Å². The van der Waals surface area contributed by atoms with Crippen LogP contribution in [0.2, 0.25) is 0 Å². The summed E-state index contributed by atoms with van der Waals surface area (Å²) in [5, 5.41) is 7.86. The second-order valence-electron chi connectivity index (χ2n) is 5.19. The quantitative estimate of drug-likeness (QED) is 0.417. The van der Waals surface area contributed by atoms with Crippen LogP contribution in [0.15, 0.2) is 52.1 Å². The first-order valence-electron chi connectivity index (χ1n) is 7.85. The zero-order valence-electron chi connectivity index (χ0n) is 14.4. The SMILES string of the molecule is COc1ccc(-c2nc(SCCOc3cccc(Br)c3)n[nH]2)c(OC)c1. The molecule has 136 valence electrons. The van der Waals surface area contributed by atoms with Crippen LogP contribution in [0, 0.1) is 0 Å². The average Bonchev–Trinajstić information content (AvgIpc) is 3.13. The van der Waals surface area contributed by atoms with Crippen LogP contribution in [-0.2, 0) is 0 Å². The number of aromatic amines is 1. The van der Waals surface area contributed by atoms with E-state index in [9.17, 15) is 0 Å². The van der Waals surface area contributed by atoms with Gasteiger partial charge in [-0.25, -0.2) is 4.98 Å². The van der Waals surface area contributed by atoms with Gasteiger partial charge in [0.05, 0.1) is 26.4 Å². The van der Waals surface area contributed by atoms with Crippen molar-refractivity contribution in [3.63, 3.8) is 0 Å². The highest BCUT2D eigenvalue weighted by atomic mass is 79.9. The normalized spacial score (nSPS) is 10.6. The zero-order valence-corrected chi connectivity index (χ0v) is 16.8. The second-order valence-corrected chi connectivity index (χ2v) is 7.16. The van der Waals surface area contributed by atoms with Crippen LogP contribution in [0.5, 0.6) is 17.2 Å². The molecule has 2 aromatic carbocycles. The van der Waals surface area contributed by atoms with Gasteiger partial charge in [-0.05, 0) is 30.3 Å². The van der Waals surface area contributed by atoms with Gasteiger partial charge in [-0.2, -0.15) is 0 Å². The minimum Gasteiger partial charge on any atom is -0.497 e. The number of nitrogens with one attached hydrogen (secondary N) is 1. The standard InChI is InChI=1S/C18H18BrN3O3S/c1-23-13-6-7-15(16(11-13)24-2)17-20-18(22-21-17)26-9-8-25-14-5-3-4-12(19)10-14/h3-7,10-11H,8-9H2,1-2H3,(H,20,21,22). The molecule has 0 unspecified atom stereocenters. The molecule has 26 heavy (non-hydrogen) atoms. The highest BCUT2D eigenvalue weighted by Gasteiger charge is 2.12. The molecule has 1 heterocycles. The summed E-state index contributed by atoms with van der Waals surface area (Å²) >= 11 is 4.95. The number of halogens is 1. The van der Waals surface area contributed by atoms with E-state index in [-0.39, 0.29) is 0 Å². The molecule has 0 aliphatic carbocycles. The fourth-order valence-electron chi connectivity index (χ4n) is 2.27. The fourth-order valence-corrected chi connectivity index (χ4v) is 3.27. The highest BCUT2D eigenvalue weighted by molar-refractivity contribution is 9.10. The van der Waals surface area contributed by atoms with Crippen LogP contribution in [0.25, 0.3) is 11.4 Å². The van der Waals surface area contributed by atoms with Crippen molar-refractivity contribution in [1.29, 1.82) is 0 Å². The van der Waals surface area contributed by atoms with Gasteiger partial charge >= 0.3 is 0 Å². The highest BCUT2D eigenvalue weighted by Crippen LogP contribution is 2.32. The van der Waals surface area contributed by atoms with E-state index in [0.29, 0.717) is 23.3 Å². The van der Waals surface area contributed by atoms with Crippen molar-refractivity contribution >= 4 is 27.7 Å². The van der Waals surface area contributed by atoms with E-state index < -0.39 is 0 Å². The molecule has 1 aromatic heterocycles. The number of aromatic nitrogens is 3. The number of ether oxygens (including phenoxy) is 3. The lowest BCUT2D eigenvalue weighted by molar-refractivity contribution is 0.343. The Hall–Kier alpha value is -2.19. The Bertz CT molecular complexity index is 872. The van der Waals surface area contributed by atoms with E-state index in [2.05, 4.69) is 31.1 Å². The summed E-state index contributed by atoms with van der Waals surface area (Å²) in [6.07, 6.45) is 0. The largest absolute Gasteiger partial charge is 0.497 e. The van der Waals surface area contributed by atoms with Crippen LogP contribution in [-0.4, -0.2) is 41.8 Å². The van der Waals surface area contributed by atoms with Crippen molar-refractivity contribution in [2.75, 3.05) is 26.6 Å². The lowest BCUT2D eigenvalue weighted by Crippen LogP contribution is -2.00. The van der Waals surface area contributed by atoms with E-state index in [1.165, 1.54) is 11.8 Å². The molecule has 0 fully saturated rings. The van der Waals surface area contributed by atoms with Crippen LogP contribution >= 0.6 is 27.7 Å². The van der Waals surface area contributed by atoms with Crippen LogP contribution < -0.4 is 14.2 Å². The van der Waals surface area contributed by atoms with Gasteiger partial charge in [0, 0.05) is 16.3 Å². The molecule has 0 aliphatic rings. The molecule has 1 N–H and O–H groups in total. The minimum absolute atomic E-state index is 0.566. The molecule has 0 spiro atoms. The molecular weight excluding hydrogens is 418 g/mol. The third-order valence-electron chi connectivity index (χ3n) is 3.51. The lowest BCUT2D eigenvalue weighted by Gasteiger charge is -2.07. The maximum absolute atomic E-state index is 5.71. The Kier molecular flexibility index (Phi) is 6.40. The molecule has 3 aromatic rings. The number of thioether (sulfide) groups is 1. The maximum Gasteiger partial charge on any atom is 0.208 e. The number of rotatable bonds is 8. The fraction of sp³-hybridized carbons (Fsp3) is 0.222. The molecular formula is C18H18BrN3O3S. The van der Waals surface area contributed by atoms with Gasteiger partial charge < -0.3 is 14.2 Å². The molecule has 3 rings (SSSR count). The molecule has 0 saturated carbocycles.